The number of halogens is 2. The van der Waals surface area contributed by atoms with Gasteiger partial charge >= 0.3 is 0 Å². The van der Waals surface area contributed by atoms with Gasteiger partial charge in [0.05, 0.1) is 6.04 Å². The van der Waals surface area contributed by atoms with Crippen LogP contribution < -0.4 is 5.32 Å². The smallest absolute Gasteiger partial charge is 0.244 e. The summed E-state index contributed by atoms with van der Waals surface area (Å²) >= 11 is 0. The average molecular weight is 280 g/mol. The molecule has 1 heterocycles. The fourth-order valence-corrected chi connectivity index (χ4v) is 2.04. The van der Waals surface area contributed by atoms with Gasteiger partial charge in [0.2, 0.25) is 11.8 Å². The second kappa shape index (κ2) is 5.81. The molecule has 1 N–H and O–H groups in total. The van der Waals surface area contributed by atoms with Crippen molar-refractivity contribution in [2.45, 2.75) is 12.5 Å². The number of likely N-dealkylation sites (N-methyl/N-ethyl adjacent to an activating group) is 1. The van der Waals surface area contributed by atoms with Gasteiger partial charge in [-0.2, -0.15) is 0 Å². The Labute approximate surface area is 115 Å². The zero-order valence-electron chi connectivity index (χ0n) is 10.9. The van der Waals surface area contributed by atoms with E-state index in [9.17, 15) is 18.4 Å². The largest absolute Gasteiger partial charge is 0.348 e. The van der Waals surface area contributed by atoms with Crippen LogP contribution in [0.25, 0.3) is 6.08 Å². The van der Waals surface area contributed by atoms with Crippen molar-refractivity contribution in [3.8, 4) is 0 Å². The van der Waals surface area contributed by atoms with Gasteiger partial charge in [-0.15, -0.1) is 0 Å². The van der Waals surface area contributed by atoms with Crippen LogP contribution in [0.5, 0.6) is 0 Å². The van der Waals surface area contributed by atoms with E-state index in [1.807, 2.05) is 0 Å². The number of rotatable bonds is 3. The Hall–Kier alpha value is -2.24. The molecule has 1 aliphatic rings. The molecular formula is C14H14F2N2O2. The van der Waals surface area contributed by atoms with E-state index in [0.29, 0.717) is 6.54 Å². The number of carbonyl (C=O) groups is 2. The van der Waals surface area contributed by atoms with Crippen molar-refractivity contribution in [2.24, 2.45) is 0 Å². The molecule has 0 bridgehead atoms. The van der Waals surface area contributed by atoms with Crippen LogP contribution in [0.2, 0.25) is 0 Å². The SMILES string of the molecule is CN1C[C@@H](NC(=O)/C=C\c2c(F)cccc2F)CC1=O. The summed E-state index contributed by atoms with van der Waals surface area (Å²) in [5.74, 6) is -1.99. The van der Waals surface area contributed by atoms with Crippen molar-refractivity contribution in [1.29, 1.82) is 0 Å². The highest BCUT2D eigenvalue weighted by Gasteiger charge is 2.27. The molecule has 0 saturated carbocycles. The van der Waals surface area contributed by atoms with Crippen LogP contribution in [0, 0.1) is 11.6 Å². The number of carbonyl (C=O) groups excluding carboxylic acids is 2. The predicted octanol–water partition coefficient (Wildman–Crippen LogP) is 1.32. The highest BCUT2D eigenvalue weighted by Crippen LogP contribution is 2.13. The summed E-state index contributed by atoms with van der Waals surface area (Å²) in [6.45, 7) is 0.437. The Morgan fingerprint density at radius 2 is 2.05 bits per heavy atom. The third kappa shape index (κ3) is 3.20. The molecule has 1 aliphatic heterocycles. The van der Waals surface area contributed by atoms with Crippen LogP contribution in [0.1, 0.15) is 12.0 Å². The molecule has 0 aromatic heterocycles. The van der Waals surface area contributed by atoms with E-state index in [-0.39, 0.29) is 23.9 Å². The third-order valence-electron chi connectivity index (χ3n) is 3.09. The van der Waals surface area contributed by atoms with Gasteiger partial charge in [0.15, 0.2) is 0 Å². The quantitative estimate of drug-likeness (QED) is 0.849. The lowest BCUT2D eigenvalue weighted by Crippen LogP contribution is -2.35. The minimum atomic E-state index is -0.732. The number of nitrogens with one attached hydrogen (secondary N) is 1. The van der Waals surface area contributed by atoms with E-state index in [4.69, 9.17) is 0 Å². The fraction of sp³-hybridized carbons (Fsp3) is 0.286. The lowest BCUT2D eigenvalue weighted by molar-refractivity contribution is -0.126. The zero-order chi connectivity index (χ0) is 14.7. The fourth-order valence-electron chi connectivity index (χ4n) is 2.04. The first kappa shape index (κ1) is 14.2. The van der Waals surface area contributed by atoms with Crippen molar-refractivity contribution in [3.63, 3.8) is 0 Å². The Kier molecular flexibility index (Phi) is 4.12. The molecule has 2 amide bonds. The van der Waals surface area contributed by atoms with Crippen LogP contribution in [0.4, 0.5) is 8.78 Å². The minimum Gasteiger partial charge on any atom is -0.348 e. The van der Waals surface area contributed by atoms with Crippen molar-refractivity contribution in [2.75, 3.05) is 13.6 Å². The average Bonchev–Trinajstić information content (AvgIpc) is 2.67. The number of amides is 2. The van der Waals surface area contributed by atoms with Crippen LogP contribution in [-0.2, 0) is 9.59 Å². The van der Waals surface area contributed by atoms with Crippen molar-refractivity contribution >= 4 is 17.9 Å². The molecule has 106 valence electrons. The van der Waals surface area contributed by atoms with E-state index in [0.717, 1.165) is 24.3 Å². The van der Waals surface area contributed by atoms with Crippen molar-refractivity contribution in [1.82, 2.24) is 10.2 Å². The Morgan fingerprint density at radius 3 is 2.60 bits per heavy atom. The topological polar surface area (TPSA) is 49.4 Å². The second-order valence-electron chi connectivity index (χ2n) is 4.65. The molecular weight excluding hydrogens is 266 g/mol. The van der Waals surface area contributed by atoms with Gasteiger partial charge in [-0.05, 0) is 18.2 Å². The molecule has 4 nitrogen and oxygen atoms in total. The first-order valence-electron chi connectivity index (χ1n) is 6.14. The Bertz CT molecular complexity index is 552. The monoisotopic (exact) mass is 280 g/mol. The summed E-state index contributed by atoms with van der Waals surface area (Å²) in [6, 6.07) is 3.22. The third-order valence-corrected chi connectivity index (χ3v) is 3.09. The van der Waals surface area contributed by atoms with Crippen molar-refractivity contribution in [3.05, 3.63) is 41.5 Å². The van der Waals surface area contributed by atoms with Crippen LogP contribution in [-0.4, -0.2) is 36.3 Å². The summed E-state index contributed by atoms with van der Waals surface area (Å²) in [5, 5.41) is 2.62. The summed E-state index contributed by atoms with van der Waals surface area (Å²) in [4.78, 5) is 24.4. The normalized spacial score (nSPS) is 18.9. The number of hydrogen-bond donors (Lipinski definition) is 1. The lowest BCUT2D eigenvalue weighted by Gasteiger charge is -2.10. The molecule has 0 unspecified atom stereocenters. The van der Waals surface area contributed by atoms with Crippen LogP contribution in [0.15, 0.2) is 24.3 Å². The summed E-state index contributed by atoms with van der Waals surface area (Å²) < 4.78 is 26.7. The van der Waals surface area contributed by atoms with Gasteiger partial charge in [-0.25, -0.2) is 8.78 Å². The number of likely N-dealkylation sites (tertiary alicyclic amines) is 1. The molecule has 1 saturated heterocycles. The van der Waals surface area contributed by atoms with Crippen molar-refractivity contribution < 1.29 is 18.4 Å². The summed E-state index contributed by atoms with van der Waals surface area (Å²) in [7, 11) is 1.65. The molecule has 1 aromatic rings. The van der Waals surface area contributed by atoms with E-state index in [1.165, 1.54) is 11.0 Å². The molecule has 20 heavy (non-hydrogen) atoms. The Balaban J connectivity index is 1.98. The molecule has 2 rings (SSSR count). The van der Waals surface area contributed by atoms with Crippen LogP contribution in [0.3, 0.4) is 0 Å². The molecule has 1 atom stereocenters. The van der Waals surface area contributed by atoms with Gasteiger partial charge in [0.1, 0.15) is 11.6 Å². The maximum absolute atomic E-state index is 13.3. The summed E-state index contributed by atoms with van der Waals surface area (Å²) in [5.41, 5.74) is -0.262. The van der Waals surface area contributed by atoms with Gasteiger partial charge in [-0.3, -0.25) is 9.59 Å². The maximum Gasteiger partial charge on any atom is 0.244 e. The molecule has 1 aromatic carbocycles. The number of hydrogen-bond acceptors (Lipinski definition) is 2. The first-order chi connectivity index (χ1) is 9.47. The van der Waals surface area contributed by atoms with Gasteiger partial charge in [-0.1, -0.05) is 6.07 Å². The van der Waals surface area contributed by atoms with E-state index in [2.05, 4.69) is 5.32 Å². The van der Waals surface area contributed by atoms with Gasteiger partial charge in [0, 0.05) is 31.7 Å². The lowest BCUT2D eigenvalue weighted by atomic mass is 10.2. The highest BCUT2D eigenvalue weighted by atomic mass is 19.1. The van der Waals surface area contributed by atoms with Gasteiger partial charge < -0.3 is 10.2 Å². The highest BCUT2D eigenvalue weighted by molar-refractivity contribution is 5.92. The molecule has 1 fully saturated rings. The number of nitrogens with zero attached hydrogens (tertiary/aromatic N) is 1. The number of benzene rings is 1. The predicted molar refractivity (Wildman–Crippen MR) is 69.6 cm³/mol. The maximum atomic E-state index is 13.3. The molecule has 0 spiro atoms. The Morgan fingerprint density at radius 1 is 1.40 bits per heavy atom. The molecule has 6 heteroatoms. The zero-order valence-corrected chi connectivity index (χ0v) is 10.9. The van der Waals surface area contributed by atoms with E-state index >= 15 is 0 Å². The van der Waals surface area contributed by atoms with E-state index < -0.39 is 17.5 Å². The summed E-state index contributed by atoms with van der Waals surface area (Å²) in [6.07, 6.45) is 2.38. The molecule has 0 radical (unpaired) electrons. The van der Waals surface area contributed by atoms with Crippen LogP contribution >= 0.6 is 0 Å². The second-order valence-corrected chi connectivity index (χ2v) is 4.65. The minimum absolute atomic E-state index is 0.0422. The van der Waals surface area contributed by atoms with Gasteiger partial charge in [0.25, 0.3) is 0 Å². The first-order valence-corrected chi connectivity index (χ1v) is 6.14. The van der Waals surface area contributed by atoms with E-state index in [1.54, 1.807) is 7.05 Å². The molecule has 0 aliphatic carbocycles. The standard InChI is InChI=1S/C14H14F2N2O2/c1-18-8-9(7-14(18)20)17-13(19)6-5-10-11(15)3-2-4-12(10)16/h2-6,9H,7-8H2,1H3,(H,17,19)/b6-5-/t9-/m0/s1.